The van der Waals surface area contributed by atoms with Crippen LogP contribution in [0.25, 0.3) is 0 Å². The first-order valence-corrected chi connectivity index (χ1v) is 8.29. The Morgan fingerprint density at radius 3 is 2.86 bits per heavy atom. The van der Waals surface area contributed by atoms with Crippen molar-refractivity contribution in [2.24, 2.45) is 7.05 Å². The average Bonchev–Trinajstić information content (AvgIpc) is 3.08. The standard InChI is InChI=1S/C15H21N5OS/c1-11-17-12(10-22-11)8-14(21)20-7-6-18(2)13(9-20)15-16-4-5-19(15)3/h4-5,10,13H,6-9H2,1-3H3/t13-/m1/s1. The van der Waals surface area contributed by atoms with Crippen LogP contribution in [-0.2, 0) is 18.3 Å². The van der Waals surface area contributed by atoms with Crippen LogP contribution >= 0.6 is 11.3 Å². The first kappa shape index (κ1) is 15.2. The molecule has 1 atom stereocenters. The fourth-order valence-corrected chi connectivity index (χ4v) is 3.45. The van der Waals surface area contributed by atoms with Crippen molar-refractivity contribution in [3.8, 4) is 0 Å². The van der Waals surface area contributed by atoms with E-state index in [-0.39, 0.29) is 11.9 Å². The third-order valence-corrected chi connectivity index (χ3v) is 4.98. The minimum absolute atomic E-state index is 0.148. The normalized spacial score (nSPS) is 19.6. The number of thiazole rings is 1. The summed E-state index contributed by atoms with van der Waals surface area (Å²) in [7, 11) is 4.08. The summed E-state index contributed by atoms with van der Waals surface area (Å²) in [6.45, 7) is 4.27. The van der Waals surface area contributed by atoms with Crippen molar-refractivity contribution in [1.29, 1.82) is 0 Å². The van der Waals surface area contributed by atoms with E-state index >= 15 is 0 Å². The zero-order chi connectivity index (χ0) is 15.7. The van der Waals surface area contributed by atoms with Crippen molar-refractivity contribution in [2.75, 3.05) is 26.7 Å². The highest BCUT2D eigenvalue weighted by Gasteiger charge is 2.30. The molecular formula is C15H21N5OS. The molecule has 3 rings (SSSR count). The molecule has 6 nitrogen and oxygen atoms in total. The van der Waals surface area contributed by atoms with E-state index in [2.05, 4.69) is 21.9 Å². The third kappa shape index (κ3) is 3.05. The average molecular weight is 319 g/mol. The van der Waals surface area contributed by atoms with Crippen molar-refractivity contribution in [2.45, 2.75) is 19.4 Å². The summed E-state index contributed by atoms with van der Waals surface area (Å²) in [4.78, 5) is 25.6. The maximum Gasteiger partial charge on any atom is 0.228 e. The van der Waals surface area contributed by atoms with Crippen LogP contribution in [0.15, 0.2) is 17.8 Å². The lowest BCUT2D eigenvalue weighted by Crippen LogP contribution is -2.50. The molecule has 1 aliphatic heterocycles. The number of nitrogens with zero attached hydrogens (tertiary/aromatic N) is 5. The summed E-state index contributed by atoms with van der Waals surface area (Å²) in [5.74, 6) is 1.15. The van der Waals surface area contributed by atoms with Crippen molar-refractivity contribution >= 4 is 17.2 Å². The molecular weight excluding hydrogens is 298 g/mol. The van der Waals surface area contributed by atoms with E-state index in [1.807, 2.05) is 41.2 Å². The molecule has 7 heteroatoms. The van der Waals surface area contributed by atoms with Gasteiger partial charge in [0.1, 0.15) is 5.82 Å². The molecule has 1 aliphatic rings. The highest BCUT2D eigenvalue weighted by Crippen LogP contribution is 2.23. The van der Waals surface area contributed by atoms with Crippen LogP contribution in [0.4, 0.5) is 0 Å². The minimum atomic E-state index is 0.148. The highest BCUT2D eigenvalue weighted by atomic mass is 32.1. The van der Waals surface area contributed by atoms with Crippen LogP contribution in [0.3, 0.4) is 0 Å². The predicted molar refractivity (Wildman–Crippen MR) is 85.7 cm³/mol. The smallest absolute Gasteiger partial charge is 0.228 e. The van der Waals surface area contributed by atoms with Gasteiger partial charge in [-0.2, -0.15) is 0 Å². The second-order valence-corrected chi connectivity index (χ2v) is 6.83. The third-order valence-electron chi connectivity index (χ3n) is 4.16. The molecule has 0 spiro atoms. The number of hydrogen-bond donors (Lipinski definition) is 0. The zero-order valence-electron chi connectivity index (χ0n) is 13.2. The van der Waals surface area contributed by atoms with Crippen LogP contribution in [0, 0.1) is 6.92 Å². The van der Waals surface area contributed by atoms with E-state index in [1.54, 1.807) is 11.3 Å². The molecule has 0 N–H and O–H groups in total. The monoisotopic (exact) mass is 319 g/mol. The number of aryl methyl sites for hydroxylation is 2. The number of likely N-dealkylation sites (N-methyl/N-ethyl adjacent to an activating group) is 1. The fourth-order valence-electron chi connectivity index (χ4n) is 2.83. The summed E-state index contributed by atoms with van der Waals surface area (Å²) < 4.78 is 2.03. The van der Waals surface area contributed by atoms with E-state index in [0.717, 1.165) is 29.6 Å². The van der Waals surface area contributed by atoms with E-state index in [9.17, 15) is 4.79 Å². The maximum absolute atomic E-state index is 12.5. The van der Waals surface area contributed by atoms with Gasteiger partial charge in [0.05, 0.1) is 23.2 Å². The Bertz CT molecular complexity index is 664. The van der Waals surface area contributed by atoms with Crippen molar-refractivity contribution in [3.63, 3.8) is 0 Å². The Morgan fingerprint density at radius 1 is 1.41 bits per heavy atom. The second kappa shape index (κ2) is 6.18. The quantitative estimate of drug-likeness (QED) is 0.854. The molecule has 0 unspecified atom stereocenters. The lowest BCUT2D eigenvalue weighted by atomic mass is 10.1. The molecule has 2 aromatic rings. The predicted octanol–water partition coefficient (Wildman–Crippen LogP) is 1.24. The first-order valence-electron chi connectivity index (χ1n) is 7.41. The molecule has 0 aliphatic carbocycles. The van der Waals surface area contributed by atoms with Gasteiger partial charge in [-0.05, 0) is 14.0 Å². The Labute approximate surface area is 134 Å². The number of piperazine rings is 1. The van der Waals surface area contributed by atoms with Gasteiger partial charge in [0.2, 0.25) is 5.91 Å². The van der Waals surface area contributed by atoms with E-state index in [1.165, 1.54) is 0 Å². The number of imidazole rings is 1. The van der Waals surface area contributed by atoms with Gasteiger partial charge >= 0.3 is 0 Å². The molecule has 1 amide bonds. The summed E-state index contributed by atoms with van der Waals surface area (Å²) in [5.41, 5.74) is 0.875. The largest absolute Gasteiger partial charge is 0.339 e. The van der Waals surface area contributed by atoms with Crippen LogP contribution in [0.5, 0.6) is 0 Å². The lowest BCUT2D eigenvalue weighted by Gasteiger charge is -2.39. The molecule has 0 bridgehead atoms. The molecule has 22 heavy (non-hydrogen) atoms. The van der Waals surface area contributed by atoms with Gasteiger partial charge < -0.3 is 9.47 Å². The van der Waals surface area contributed by atoms with E-state index in [4.69, 9.17) is 0 Å². The molecule has 3 heterocycles. The van der Waals surface area contributed by atoms with Gasteiger partial charge in [-0.1, -0.05) is 0 Å². The van der Waals surface area contributed by atoms with Crippen LogP contribution in [0.1, 0.15) is 22.6 Å². The van der Waals surface area contributed by atoms with Crippen LogP contribution < -0.4 is 0 Å². The topological polar surface area (TPSA) is 54.3 Å². The van der Waals surface area contributed by atoms with Gasteiger partial charge in [-0.25, -0.2) is 9.97 Å². The Kier molecular flexibility index (Phi) is 4.26. The van der Waals surface area contributed by atoms with Crippen molar-refractivity contribution in [3.05, 3.63) is 34.3 Å². The van der Waals surface area contributed by atoms with E-state index in [0.29, 0.717) is 13.0 Å². The van der Waals surface area contributed by atoms with Gasteiger partial charge in [-0.15, -0.1) is 11.3 Å². The maximum atomic E-state index is 12.5. The number of carbonyl (C=O) groups is 1. The van der Waals surface area contributed by atoms with Crippen LogP contribution in [0.2, 0.25) is 0 Å². The Balaban J connectivity index is 1.70. The summed E-state index contributed by atoms with van der Waals surface area (Å²) in [5, 5.41) is 2.98. The lowest BCUT2D eigenvalue weighted by molar-refractivity contribution is -0.133. The number of amides is 1. The summed E-state index contributed by atoms with van der Waals surface area (Å²) in [6, 6.07) is 0.148. The van der Waals surface area contributed by atoms with Gasteiger partial charge in [0, 0.05) is 44.5 Å². The fraction of sp³-hybridized carbons (Fsp3) is 0.533. The SMILES string of the molecule is Cc1nc(CC(=O)N2CCN(C)[C@@H](c3nccn3C)C2)cs1. The number of carbonyl (C=O) groups excluding carboxylic acids is 1. The molecule has 0 radical (unpaired) electrons. The Hall–Kier alpha value is -1.73. The molecule has 118 valence electrons. The second-order valence-electron chi connectivity index (χ2n) is 5.77. The number of aromatic nitrogens is 3. The minimum Gasteiger partial charge on any atom is -0.339 e. The molecule has 0 saturated carbocycles. The van der Waals surface area contributed by atoms with Gasteiger partial charge in [-0.3, -0.25) is 9.69 Å². The van der Waals surface area contributed by atoms with Gasteiger partial charge in [0.15, 0.2) is 0 Å². The highest BCUT2D eigenvalue weighted by molar-refractivity contribution is 7.09. The number of rotatable bonds is 3. The molecule has 1 saturated heterocycles. The summed E-state index contributed by atoms with van der Waals surface area (Å²) >= 11 is 1.59. The molecule has 1 fully saturated rings. The summed E-state index contributed by atoms with van der Waals surface area (Å²) in [6.07, 6.45) is 4.14. The van der Waals surface area contributed by atoms with Crippen molar-refractivity contribution < 1.29 is 4.79 Å². The van der Waals surface area contributed by atoms with E-state index < -0.39 is 0 Å². The molecule has 2 aromatic heterocycles. The Morgan fingerprint density at radius 2 is 2.23 bits per heavy atom. The van der Waals surface area contributed by atoms with Gasteiger partial charge in [0.25, 0.3) is 0 Å². The van der Waals surface area contributed by atoms with Crippen LogP contribution in [-0.4, -0.2) is 56.9 Å². The molecule has 0 aromatic carbocycles. The number of hydrogen-bond acceptors (Lipinski definition) is 5. The zero-order valence-corrected chi connectivity index (χ0v) is 14.0. The van der Waals surface area contributed by atoms with Crippen molar-refractivity contribution in [1.82, 2.24) is 24.3 Å². The first-order chi connectivity index (χ1) is 10.5.